The van der Waals surface area contributed by atoms with Crippen LogP contribution in [0.4, 0.5) is 0 Å². The first-order valence-corrected chi connectivity index (χ1v) is 7.32. The third-order valence-corrected chi connectivity index (χ3v) is 4.15. The lowest BCUT2D eigenvalue weighted by Crippen LogP contribution is -2.44. The van der Waals surface area contributed by atoms with E-state index in [0.29, 0.717) is 19.5 Å². The first-order chi connectivity index (χ1) is 7.79. The quantitative estimate of drug-likeness (QED) is 0.586. The molecule has 104 valence electrons. The maximum absolute atomic E-state index is 11.9. The van der Waals surface area contributed by atoms with Crippen molar-refractivity contribution in [3.8, 4) is 0 Å². The van der Waals surface area contributed by atoms with Crippen LogP contribution in [0.15, 0.2) is 0 Å². The SMILES string of the molecule is CC(CCN(C)C)NS(=O)(=O)N(C)CCCN. The molecule has 1 unspecified atom stereocenters. The summed E-state index contributed by atoms with van der Waals surface area (Å²) in [5.74, 6) is 0. The number of nitrogens with two attached hydrogens (primary N) is 1. The summed E-state index contributed by atoms with van der Waals surface area (Å²) in [4.78, 5) is 2.03. The molecule has 0 fully saturated rings. The predicted octanol–water partition coefficient (Wildman–Crippen LogP) is -0.558. The summed E-state index contributed by atoms with van der Waals surface area (Å²) in [5.41, 5.74) is 5.35. The van der Waals surface area contributed by atoms with E-state index in [1.807, 2.05) is 25.9 Å². The second-order valence-electron chi connectivity index (χ2n) is 4.58. The lowest BCUT2D eigenvalue weighted by molar-refractivity contribution is 0.373. The molecule has 0 aromatic rings. The van der Waals surface area contributed by atoms with Crippen molar-refractivity contribution in [1.82, 2.24) is 13.9 Å². The van der Waals surface area contributed by atoms with Gasteiger partial charge in [0.2, 0.25) is 0 Å². The number of rotatable bonds is 9. The molecular weight excluding hydrogens is 240 g/mol. The Hall–Kier alpha value is -0.210. The summed E-state index contributed by atoms with van der Waals surface area (Å²) in [6, 6.07) is -0.0669. The van der Waals surface area contributed by atoms with Gasteiger partial charge in [0.05, 0.1) is 0 Å². The molecule has 0 aliphatic heterocycles. The average Bonchev–Trinajstić information content (AvgIpc) is 2.22. The molecule has 17 heavy (non-hydrogen) atoms. The van der Waals surface area contributed by atoms with E-state index in [0.717, 1.165) is 13.0 Å². The van der Waals surface area contributed by atoms with Gasteiger partial charge in [-0.1, -0.05) is 0 Å². The van der Waals surface area contributed by atoms with Gasteiger partial charge in [0, 0.05) is 19.6 Å². The second-order valence-corrected chi connectivity index (χ2v) is 6.39. The van der Waals surface area contributed by atoms with Crippen LogP contribution in [0.1, 0.15) is 19.8 Å². The maximum Gasteiger partial charge on any atom is 0.279 e. The van der Waals surface area contributed by atoms with Crippen molar-refractivity contribution in [1.29, 1.82) is 0 Å². The largest absolute Gasteiger partial charge is 0.330 e. The Morgan fingerprint density at radius 1 is 1.24 bits per heavy atom. The fourth-order valence-corrected chi connectivity index (χ4v) is 2.46. The van der Waals surface area contributed by atoms with E-state index in [4.69, 9.17) is 5.73 Å². The first-order valence-electron chi connectivity index (χ1n) is 5.88. The minimum Gasteiger partial charge on any atom is -0.330 e. The van der Waals surface area contributed by atoms with Gasteiger partial charge in [-0.25, -0.2) is 0 Å². The van der Waals surface area contributed by atoms with Crippen molar-refractivity contribution in [3.05, 3.63) is 0 Å². The number of nitrogens with one attached hydrogen (secondary N) is 1. The topological polar surface area (TPSA) is 78.7 Å². The van der Waals surface area contributed by atoms with Gasteiger partial charge in [-0.15, -0.1) is 0 Å². The van der Waals surface area contributed by atoms with Crippen molar-refractivity contribution in [2.75, 3.05) is 40.8 Å². The molecule has 0 aromatic carbocycles. The van der Waals surface area contributed by atoms with Crippen LogP contribution in [0, 0.1) is 0 Å². The number of hydrogen-bond donors (Lipinski definition) is 2. The Balaban J connectivity index is 4.14. The van der Waals surface area contributed by atoms with Crippen molar-refractivity contribution in [3.63, 3.8) is 0 Å². The molecule has 3 N–H and O–H groups in total. The van der Waals surface area contributed by atoms with Crippen LogP contribution >= 0.6 is 0 Å². The summed E-state index contributed by atoms with van der Waals surface area (Å²) < 4.78 is 27.7. The van der Waals surface area contributed by atoms with E-state index < -0.39 is 10.2 Å². The zero-order chi connectivity index (χ0) is 13.5. The van der Waals surface area contributed by atoms with E-state index in [9.17, 15) is 8.42 Å². The van der Waals surface area contributed by atoms with Gasteiger partial charge < -0.3 is 10.6 Å². The Morgan fingerprint density at radius 3 is 2.29 bits per heavy atom. The zero-order valence-corrected chi connectivity index (χ0v) is 12.1. The minimum atomic E-state index is -3.37. The highest BCUT2D eigenvalue weighted by Crippen LogP contribution is 2.00. The molecule has 0 amide bonds. The summed E-state index contributed by atoms with van der Waals surface area (Å²) in [6.45, 7) is 3.68. The molecule has 0 aliphatic carbocycles. The van der Waals surface area contributed by atoms with Crippen LogP contribution in [-0.4, -0.2) is 64.4 Å². The molecule has 0 saturated carbocycles. The van der Waals surface area contributed by atoms with E-state index in [-0.39, 0.29) is 6.04 Å². The van der Waals surface area contributed by atoms with Crippen LogP contribution in [0.2, 0.25) is 0 Å². The van der Waals surface area contributed by atoms with Gasteiger partial charge >= 0.3 is 0 Å². The molecule has 0 spiro atoms. The summed E-state index contributed by atoms with van der Waals surface area (Å²) in [6.07, 6.45) is 1.46. The van der Waals surface area contributed by atoms with Crippen LogP contribution in [-0.2, 0) is 10.2 Å². The van der Waals surface area contributed by atoms with E-state index >= 15 is 0 Å². The molecule has 0 heterocycles. The van der Waals surface area contributed by atoms with E-state index in [2.05, 4.69) is 4.72 Å². The van der Waals surface area contributed by atoms with E-state index in [1.165, 1.54) is 4.31 Å². The Kier molecular flexibility index (Phi) is 7.89. The zero-order valence-electron chi connectivity index (χ0n) is 11.3. The van der Waals surface area contributed by atoms with Crippen molar-refractivity contribution < 1.29 is 8.42 Å². The van der Waals surface area contributed by atoms with Gasteiger partial charge in [-0.2, -0.15) is 17.4 Å². The fourth-order valence-electron chi connectivity index (χ4n) is 1.29. The molecule has 0 rings (SSSR count). The molecule has 0 radical (unpaired) electrons. The van der Waals surface area contributed by atoms with Crippen LogP contribution in [0.3, 0.4) is 0 Å². The van der Waals surface area contributed by atoms with Crippen LogP contribution in [0.5, 0.6) is 0 Å². The second kappa shape index (κ2) is 7.99. The third-order valence-electron chi connectivity index (χ3n) is 2.45. The summed E-state index contributed by atoms with van der Waals surface area (Å²) in [5, 5.41) is 0. The van der Waals surface area contributed by atoms with Crippen molar-refractivity contribution in [2.24, 2.45) is 5.73 Å². The van der Waals surface area contributed by atoms with Gasteiger partial charge in [-0.05, 0) is 47.0 Å². The van der Waals surface area contributed by atoms with Crippen LogP contribution < -0.4 is 10.5 Å². The smallest absolute Gasteiger partial charge is 0.279 e. The summed E-state index contributed by atoms with van der Waals surface area (Å²) >= 11 is 0. The molecule has 0 bridgehead atoms. The number of hydrogen-bond acceptors (Lipinski definition) is 4. The highest BCUT2D eigenvalue weighted by Gasteiger charge is 2.19. The lowest BCUT2D eigenvalue weighted by atomic mass is 10.2. The first kappa shape index (κ1) is 16.8. The maximum atomic E-state index is 11.9. The molecule has 0 aliphatic rings. The van der Waals surface area contributed by atoms with E-state index in [1.54, 1.807) is 7.05 Å². The standard InChI is InChI=1S/C10H26N4O2S/c1-10(6-9-13(2)3)12-17(15,16)14(4)8-5-7-11/h10,12H,5-9,11H2,1-4H3. The Morgan fingerprint density at radius 2 is 1.82 bits per heavy atom. The normalized spacial score (nSPS) is 14.5. The third kappa shape index (κ3) is 7.67. The van der Waals surface area contributed by atoms with Gasteiger partial charge in [0.1, 0.15) is 0 Å². The van der Waals surface area contributed by atoms with Crippen LogP contribution in [0.25, 0.3) is 0 Å². The predicted molar refractivity (Wildman–Crippen MR) is 71.0 cm³/mol. The highest BCUT2D eigenvalue weighted by atomic mass is 32.2. The van der Waals surface area contributed by atoms with Gasteiger partial charge in [0.15, 0.2) is 0 Å². The number of nitrogens with zero attached hydrogens (tertiary/aromatic N) is 2. The summed E-state index contributed by atoms with van der Waals surface area (Å²) in [7, 11) is 2.13. The minimum absolute atomic E-state index is 0.0669. The molecule has 6 nitrogen and oxygen atoms in total. The van der Waals surface area contributed by atoms with Crippen molar-refractivity contribution in [2.45, 2.75) is 25.8 Å². The molecule has 0 aromatic heterocycles. The fraction of sp³-hybridized carbons (Fsp3) is 1.00. The van der Waals surface area contributed by atoms with Crippen molar-refractivity contribution >= 4 is 10.2 Å². The molecule has 1 atom stereocenters. The monoisotopic (exact) mass is 266 g/mol. The molecular formula is C10H26N4O2S. The van der Waals surface area contributed by atoms with Gasteiger partial charge in [-0.3, -0.25) is 0 Å². The Labute approximate surface area is 105 Å². The Bertz CT molecular complexity index is 293. The van der Waals surface area contributed by atoms with Gasteiger partial charge in [0.25, 0.3) is 10.2 Å². The highest BCUT2D eigenvalue weighted by molar-refractivity contribution is 7.87. The lowest BCUT2D eigenvalue weighted by Gasteiger charge is -2.21. The average molecular weight is 266 g/mol. The molecule has 0 saturated heterocycles. The molecule has 7 heteroatoms.